The standard InChI is InChI=1S/C17H19BrN2O/c1-12-7-8-15(16(18)9-12)17(21)19-14-6-4-5-13(10-14)11-20(2)3/h4-10H,11H2,1-3H3,(H,19,21). The largest absolute Gasteiger partial charge is 0.322 e. The molecular formula is C17H19BrN2O. The van der Waals surface area contributed by atoms with E-state index >= 15 is 0 Å². The molecule has 0 aliphatic rings. The number of hydrogen-bond donors (Lipinski definition) is 1. The van der Waals surface area contributed by atoms with Crippen LogP contribution in [0, 0.1) is 6.92 Å². The van der Waals surface area contributed by atoms with Gasteiger partial charge in [-0.25, -0.2) is 0 Å². The van der Waals surface area contributed by atoms with Crippen LogP contribution in [0.1, 0.15) is 21.5 Å². The van der Waals surface area contributed by atoms with Crippen molar-refractivity contribution < 1.29 is 4.79 Å². The monoisotopic (exact) mass is 346 g/mol. The fourth-order valence-corrected chi connectivity index (χ4v) is 2.79. The molecule has 0 atom stereocenters. The Morgan fingerprint density at radius 2 is 1.95 bits per heavy atom. The minimum Gasteiger partial charge on any atom is -0.322 e. The molecule has 0 saturated carbocycles. The highest BCUT2D eigenvalue weighted by atomic mass is 79.9. The number of nitrogens with zero attached hydrogens (tertiary/aromatic N) is 1. The third kappa shape index (κ3) is 4.41. The number of carbonyl (C=O) groups excluding carboxylic acids is 1. The Hall–Kier alpha value is -1.65. The van der Waals surface area contributed by atoms with Crippen LogP contribution in [0.2, 0.25) is 0 Å². The molecule has 4 heteroatoms. The predicted molar refractivity (Wildman–Crippen MR) is 90.7 cm³/mol. The lowest BCUT2D eigenvalue weighted by Gasteiger charge is -2.12. The molecular weight excluding hydrogens is 328 g/mol. The number of rotatable bonds is 4. The SMILES string of the molecule is Cc1ccc(C(=O)Nc2cccc(CN(C)C)c2)c(Br)c1. The van der Waals surface area contributed by atoms with E-state index in [1.54, 1.807) is 0 Å². The fraction of sp³-hybridized carbons (Fsp3) is 0.235. The number of hydrogen-bond acceptors (Lipinski definition) is 2. The molecule has 2 aromatic carbocycles. The number of anilines is 1. The van der Waals surface area contributed by atoms with Crippen LogP contribution >= 0.6 is 15.9 Å². The highest BCUT2D eigenvalue weighted by Gasteiger charge is 2.10. The van der Waals surface area contributed by atoms with Crippen molar-refractivity contribution in [2.45, 2.75) is 13.5 Å². The molecule has 1 N–H and O–H groups in total. The molecule has 0 unspecified atom stereocenters. The molecule has 1 amide bonds. The minimum atomic E-state index is -0.108. The first-order valence-corrected chi connectivity index (χ1v) is 7.56. The molecule has 0 spiro atoms. The summed E-state index contributed by atoms with van der Waals surface area (Å²) in [4.78, 5) is 14.4. The van der Waals surface area contributed by atoms with Gasteiger partial charge in [-0.2, -0.15) is 0 Å². The van der Waals surface area contributed by atoms with Crippen LogP contribution in [0.15, 0.2) is 46.9 Å². The molecule has 2 aromatic rings. The molecule has 3 nitrogen and oxygen atoms in total. The Balaban J connectivity index is 2.15. The zero-order valence-electron chi connectivity index (χ0n) is 12.5. The molecule has 0 heterocycles. The van der Waals surface area contributed by atoms with Gasteiger partial charge < -0.3 is 10.2 Å². The van der Waals surface area contributed by atoms with Gasteiger partial charge in [0.15, 0.2) is 0 Å². The van der Waals surface area contributed by atoms with Gasteiger partial charge in [0.2, 0.25) is 0 Å². The average molecular weight is 347 g/mol. The van der Waals surface area contributed by atoms with Crippen molar-refractivity contribution in [1.82, 2.24) is 4.90 Å². The molecule has 0 bridgehead atoms. The van der Waals surface area contributed by atoms with Crippen LogP contribution in [0.5, 0.6) is 0 Å². The van der Waals surface area contributed by atoms with Crippen LogP contribution in [0.3, 0.4) is 0 Å². The molecule has 0 radical (unpaired) electrons. The smallest absolute Gasteiger partial charge is 0.256 e. The normalized spacial score (nSPS) is 10.7. The predicted octanol–water partition coefficient (Wildman–Crippen LogP) is 4.07. The summed E-state index contributed by atoms with van der Waals surface area (Å²) in [7, 11) is 4.04. The zero-order valence-corrected chi connectivity index (χ0v) is 14.1. The van der Waals surface area contributed by atoms with Gasteiger partial charge in [0.05, 0.1) is 5.56 Å². The molecule has 0 aromatic heterocycles. The van der Waals surface area contributed by atoms with Crippen LogP contribution < -0.4 is 5.32 Å². The summed E-state index contributed by atoms with van der Waals surface area (Å²) in [5.74, 6) is -0.108. The van der Waals surface area contributed by atoms with E-state index in [2.05, 4.69) is 32.2 Å². The van der Waals surface area contributed by atoms with E-state index < -0.39 is 0 Å². The Morgan fingerprint density at radius 1 is 1.19 bits per heavy atom. The van der Waals surface area contributed by atoms with Gasteiger partial charge in [-0.3, -0.25) is 4.79 Å². The summed E-state index contributed by atoms with van der Waals surface area (Å²) in [6.45, 7) is 2.84. The van der Waals surface area contributed by atoms with Crippen molar-refractivity contribution in [3.8, 4) is 0 Å². The summed E-state index contributed by atoms with van der Waals surface area (Å²) in [5, 5.41) is 2.94. The lowest BCUT2D eigenvalue weighted by atomic mass is 10.1. The van der Waals surface area contributed by atoms with Gasteiger partial charge in [-0.05, 0) is 72.3 Å². The number of benzene rings is 2. The quantitative estimate of drug-likeness (QED) is 0.904. The summed E-state index contributed by atoms with van der Waals surface area (Å²) in [6.07, 6.45) is 0. The van der Waals surface area contributed by atoms with E-state index in [0.717, 1.165) is 22.3 Å². The minimum absolute atomic E-state index is 0.108. The highest BCUT2D eigenvalue weighted by Crippen LogP contribution is 2.20. The van der Waals surface area contributed by atoms with Crippen molar-refractivity contribution in [2.75, 3.05) is 19.4 Å². The van der Waals surface area contributed by atoms with E-state index in [1.807, 2.05) is 57.4 Å². The summed E-state index contributed by atoms with van der Waals surface area (Å²) in [5.41, 5.74) is 3.73. The van der Waals surface area contributed by atoms with E-state index in [0.29, 0.717) is 5.56 Å². The lowest BCUT2D eigenvalue weighted by Crippen LogP contribution is -2.14. The maximum atomic E-state index is 12.3. The third-order valence-corrected chi connectivity index (χ3v) is 3.71. The second-order valence-corrected chi connectivity index (χ2v) is 6.23. The van der Waals surface area contributed by atoms with Crippen LogP contribution in [0.25, 0.3) is 0 Å². The molecule has 21 heavy (non-hydrogen) atoms. The van der Waals surface area contributed by atoms with E-state index in [9.17, 15) is 4.79 Å². The van der Waals surface area contributed by atoms with E-state index in [1.165, 1.54) is 5.56 Å². The van der Waals surface area contributed by atoms with Crippen molar-refractivity contribution in [1.29, 1.82) is 0 Å². The number of halogens is 1. The van der Waals surface area contributed by atoms with Crippen molar-refractivity contribution >= 4 is 27.5 Å². The molecule has 2 rings (SSSR count). The van der Waals surface area contributed by atoms with E-state index in [-0.39, 0.29) is 5.91 Å². The molecule has 0 saturated heterocycles. The van der Waals surface area contributed by atoms with Gasteiger partial charge >= 0.3 is 0 Å². The second kappa shape index (κ2) is 6.87. The highest BCUT2D eigenvalue weighted by molar-refractivity contribution is 9.10. The number of carbonyl (C=O) groups is 1. The maximum Gasteiger partial charge on any atom is 0.256 e. The van der Waals surface area contributed by atoms with Gasteiger partial charge in [-0.1, -0.05) is 18.2 Å². The van der Waals surface area contributed by atoms with Crippen molar-refractivity contribution in [2.24, 2.45) is 0 Å². The van der Waals surface area contributed by atoms with Gasteiger partial charge in [0.1, 0.15) is 0 Å². The third-order valence-electron chi connectivity index (χ3n) is 3.05. The fourth-order valence-electron chi connectivity index (χ4n) is 2.12. The lowest BCUT2D eigenvalue weighted by molar-refractivity contribution is 0.102. The first kappa shape index (κ1) is 15.7. The summed E-state index contributed by atoms with van der Waals surface area (Å²) in [6, 6.07) is 13.6. The number of nitrogens with one attached hydrogen (secondary N) is 1. The summed E-state index contributed by atoms with van der Waals surface area (Å²) < 4.78 is 0.810. The topological polar surface area (TPSA) is 32.3 Å². The summed E-state index contributed by atoms with van der Waals surface area (Å²) >= 11 is 3.44. The van der Waals surface area contributed by atoms with Gasteiger partial charge in [0.25, 0.3) is 5.91 Å². The van der Waals surface area contributed by atoms with Gasteiger partial charge in [-0.15, -0.1) is 0 Å². The molecule has 0 aliphatic heterocycles. The Morgan fingerprint density at radius 3 is 2.62 bits per heavy atom. The van der Waals surface area contributed by atoms with E-state index in [4.69, 9.17) is 0 Å². The molecule has 0 aliphatic carbocycles. The Bertz CT molecular complexity index is 653. The molecule has 0 fully saturated rings. The first-order valence-electron chi connectivity index (χ1n) is 6.77. The Labute approximate surface area is 134 Å². The Kier molecular flexibility index (Phi) is 5.15. The number of amides is 1. The first-order chi connectivity index (χ1) is 9.95. The van der Waals surface area contributed by atoms with Crippen molar-refractivity contribution in [3.63, 3.8) is 0 Å². The molecule has 110 valence electrons. The van der Waals surface area contributed by atoms with Crippen LogP contribution in [-0.4, -0.2) is 24.9 Å². The number of aryl methyl sites for hydroxylation is 1. The van der Waals surface area contributed by atoms with Crippen molar-refractivity contribution in [3.05, 3.63) is 63.6 Å². The van der Waals surface area contributed by atoms with Gasteiger partial charge in [0, 0.05) is 16.7 Å². The second-order valence-electron chi connectivity index (χ2n) is 5.38. The average Bonchev–Trinajstić information content (AvgIpc) is 2.37. The van der Waals surface area contributed by atoms with Crippen LogP contribution in [0.4, 0.5) is 5.69 Å². The zero-order chi connectivity index (χ0) is 15.4. The maximum absolute atomic E-state index is 12.3. The van der Waals surface area contributed by atoms with Crippen LogP contribution in [-0.2, 0) is 6.54 Å².